The quantitative estimate of drug-likeness (QED) is 0.430. The van der Waals surface area contributed by atoms with Crippen molar-refractivity contribution in [3.8, 4) is 0 Å². The maximum Gasteiger partial charge on any atom is 0.326 e. The molecule has 0 aromatic heterocycles. The van der Waals surface area contributed by atoms with Gasteiger partial charge in [0, 0.05) is 11.1 Å². The number of sulfonamides is 1. The van der Waals surface area contributed by atoms with Gasteiger partial charge >= 0.3 is 5.97 Å². The smallest absolute Gasteiger partial charge is 0.326 e. The summed E-state index contributed by atoms with van der Waals surface area (Å²) in [6, 6.07) is 10.5. The number of hydrogen-bond acceptors (Lipinski definition) is 6. The summed E-state index contributed by atoms with van der Waals surface area (Å²) < 4.78 is 31.2. The zero-order valence-electron chi connectivity index (χ0n) is 13.0. The molecule has 0 radical (unpaired) electrons. The monoisotopic (exact) mass is 384 g/mol. The molecular weight excluding hydrogens is 372 g/mol. The highest BCUT2D eigenvalue weighted by molar-refractivity contribution is 7.93. The first-order chi connectivity index (χ1) is 11.8. The second-order valence-corrected chi connectivity index (χ2v) is 7.06. The Kier molecular flexibility index (Phi) is 5.60. The van der Waals surface area contributed by atoms with Gasteiger partial charge in [-0.15, -0.1) is 0 Å². The molecule has 0 unspecified atom stereocenters. The standard InChI is InChI=1S/C15H13ClN2O6S/c1-24-15(19)10-17(12-8-6-11(16)7-9-12)25(22,23)14-5-3-2-4-13(14)18(20)21/h2-9H,10H2,1H3. The Morgan fingerprint density at radius 1 is 1.20 bits per heavy atom. The normalized spacial score (nSPS) is 11.0. The van der Waals surface area contributed by atoms with E-state index in [1.807, 2.05) is 0 Å². The van der Waals surface area contributed by atoms with Crippen LogP contribution in [-0.2, 0) is 19.6 Å². The van der Waals surface area contributed by atoms with Crippen molar-refractivity contribution in [3.63, 3.8) is 0 Å². The van der Waals surface area contributed by atoms with Crippen LogP contribution >= 0.6 is 11.6 Å². The Bertz CT molecular complexity index is 898. The van der Waals surface area contributed by atoms with E-state index < -0.39 is 38.0 Å². The van der Waals surface area contributed by atoms with Crippen molar-refractivity contribution >= 4 is 39.0 Å². The molecule has 0 spiro atoms. The molecule has 0 amide bonds. The van der Waals surface area contributed by atoms with Crippen molar-refractivity contribution in [1.82, 2.24) is 0 Å². The highest BCUT2D eigenvalue weighted by Crippen LogP contribution is 2.30. The number of methoxy groups -OCH3 is 1. The number of carbonyl (C=O) groups is 1. The van der Waals surface area contributed by atoms with E-state index in [1.165, 1.54) is 36.4 Å². The topological polar surface area (TPSA) is 107 Å². The maximum atomic E-state index is 13.0. The van der Waals surface area contributed by atoms with Gasteiger partial charge in [-0.1, -0.05) is 23.7 Å². The molecule has 0 bridgehead atoms. The number of anilines is 1. The minimum Gasteiger partial charge on any atom is -0.468 e. The molecule has 0 fully saturated rings. The van der Waals surface area contributed by atoms with E-state index in [0.29, 0.717) is 5.02 Å². The highest BCUT2D eigenvalue weighted by atomic mass is 35.5. The van der Waals surface area contributed by atoms with Crippen LogP contribution in [0, 0.1) is 10.1 Å². The Hall–Kier alpha value is -2.65. The average Bonchev–Trinajstić information content (AvgIpc) is 2.60. The zero-order chi connectivity index (χ0) is 18.6. The number of carbonyl (C=O) groups excluding carboxylic acids is 1. The van der Waals surface area contributed by atoms with Gasteiger partial charge in [0.1, 0.15) is 6.54 Å². The lowest BCUT2D eigenvalue weighted by molar-refractivity contribution is -0.387. The third-order valence-corrected chi connectivity index (χ3v) is 5.32. The maximum absolute atomic E-state index is 13.0. The molecule has 0 aliphatic heterocycles. The van der Waals surface area contributed by atoms with Crippen LogP contribution in [0.15, 0.2) is 53.4 Å². The predicted molar refractivity (Wildman–Crippen MR) is 91.1 cm³/mol. The summed E-state index contributed by atoms with van der Waals surface area (Å²) in [7, 11) is -3.29. The summed E-state index contributed by atoms with van der Waals surface area (Å²) in [5.74, 6) is -0.822. The Morgan fingerprint density at radius 3 is 2.36 bits per heavy atom. The van der Waals surface area contributed by atoms with Gasteiger partial charge in [0.2, 0.25) is 0 Å². The van der Waals surface area contributed by atoms with Gasteiger partial charge in [-0.2, -0.15) is 0 Å². The fourth-order valence-electron chi connectivity index (χ4n) is 2.05. The van der Waals surface area contributed by atoms with E-state index in [0.717, 1.165) is 23.5 Å². The van der Waals surface area contributed by atoms with Crippen LogP contribution in [0.1, 0.15) is 0 Å². The molecule has 0 aliphatic carbocycles. The largest absolute Gasteiger partial charge is 0.468 e. The summed E-state index contributed by atoms with van der Waals surface area (Å²) in [5, 5.41) is 11.5. The summed E-state index contributed by atoms with van der Waals surface area (Å²) in [6.07, 6.45) is 0. The zero-order valence-corrected chi connectivity index (χ0v) is 14.5. The van der Waals surface area contributed by atoms with Crippen LogP contribution in [0.3, 0.4) is 0 Å². The Morgan fingerprint density at radius 2 is 1.80 bits per heavy atom. The Balaban J connectivity index is 2.61. The van der Waals surface area contributed by atoms with Gasteiger partial charge in [-0.25, -0.2) is 8.42 Å². The minimum atomic E-state index is -4.40. The van der Waals surface area contributed by atoms with E-state index in [4.69, 9.17) is 11.6 Å². The molecule has 2 aromatic carbocycles. The number of rotatable bonds is 6. The van der Waals surface area contributed by atoms with Crippen LogP contribution in [0.25, 0.3) is 0 Å². The fourth-order valence-corrected chi connectivity index (χ4v) is 3.74. The van der Waals surface area contributed by atoms with Gasteiger partial charge < -0.3 is 4.74 Å². The van der Waals surface area contributed by atoms with Gasteiger partial charge in [0.25, 0.3) is 15.7 Å². The van der Waals surface area contributed by atoms with Crippen molar-refractivity contribution in [2.24, 2.45) is 0 Å². The summed E-state index contributed by atoms with van der Waals surface area (Å²) >= 11 is 5.80. The second kappa shape index (κ2) is 7.49. The van der Waals surface area contributed by atoms with Crippen LogP contribution < -0.4 is 4.31 Å². The molecule has 0 atom stereocenters. The van der Waals surface area contributed by atoms with Crippen LogP contribution in [0.4, 0.5) is 11.4 Å². The number of esters is 1. The van der Waals surface area contributed by atoms with Gasteiger partial charge in [-0.05, 0) is 30.3 Å². The number of nitro benzene ring substituents is 1. The molecule has 8 nitrogen and oxygen atoms in total. The number of nitro groups is 1. The third-order valence-electron chi connectivity index (χ3n) is 3.24. The molecule has 132 valence electrons. The minimum absolute atomic E-state index is 0.118. The van der Waals surface area contributed by atoms with Crippen LogP contribution in [0.2, 0.25) is 5.02 Å². The van der Waals surface area contributed by atoms with Crippen LogP contribution in [-0.4, -0.2) is 33.0 Å². The van der Waals surface area contributed by atoms with E-state index in [-0.39, 0.29) is 5.69 Å². The number of hydrogen-bond donors (Lipinski definition) is 0. The molecule has 0 N–H and O–H groups in total. The summed E-state index contributed by atoms with van der Waals surface area (Å²) in [6.45, 7) is -0.646. The average molecular weight is 385 g/mol. The molecule has 10 heteroatoms. The lowest BCUT2D eigenvalue weighted by Crippen LogP contribution is -2.36. The van der Waals surface area contributed by atoms with Crippen molar-refractivity contribution in [2.45, 2.75) is 4.90 Å². The molecule has 2 rings (SSSR count). The number of halogens is 1. The predicted octanol–water partition coefficient (Wildman–Crippen LogP) is 2.62. The number of nitrogens with zero attached hydrogens (tertiary/aromatic N) is 2. The molecule has 25 heavy (non-hydrogen) atoms. The van der Waals surface area contributed by atoms with Crippen molar-refractivity contribution in [1.29, 1.82) is 0 Å². The molecule has 0 heterocycles. The number of para-hydroxylation sites is 1. The molecule has 0 saturated carbocycles. The molecular formula is C15H13ClN2O6S. The lowest BCUT2D eigenvalue weighted by atomic mass is 10.3. The SMILES string of the molecule is COC(=O)CN(c1ccc(Cl)cc1)S(=O)(=O)c1ccccc1[N+](=O)[O-]. The molecule has 0 saturated heterocycles. The number of ether oxygens (including phenoxy) is 1. The van der Waals surface area contributed by atoms with E-state index in [9.17, 15) is 23.3 Å². The highest BCUT2D eigenvalue weighted by Gasteiger charge is 2.33. The fraction of sp³-hybridized carbons (Fsp3) is 0.133. The first kappa shape index (κ1) is 18.7. The first-order valence-corrected chi connectivity index (χ1v) is 8.67. The van der Waals surface area contributed by atoms with Gasteiger partial charge in [-0.3, -0.25) is 19.2 Å². The van der Waals surface area contributed by atoms with E-state index in [2.05, 4.69) is 4.74 Å². The van der Waals surface area contributed by atoms with Crippen molar-refractivity contribution < 1.29 is 22.9 Å². The van der Waals surface area contributed by atoms with Gasteiger partial charge in [0.15, 0.2) is 4.90 Å². The second-order valence-electron chi connectivity index (χ2n) is 4.79. The molecule has 2 aromatic rings. The summed E-state index contributed by atoms with van der Waals surface area (Å²) in [5.41, 5.74) is -0.473. The van der Waals surface area contributed by atoms with Crippen molar-refractivity contribution in [2.75, 3.05) is 18.0 Å². The van der Waals surface area contributed by atoms with Crippen molar-refractivity contribution in [3.05, 3.63) is 63.7 Å². The Labute approximate surface area is 148 Å². The van der Waals surface area contributed by atoms with E-state index >= 15 is 0 Å². The number of benzene rings is 2. The van der Waals surface area contributed by atoms with Gasteiger partial charge in [0.05, 0.1) is 17.7 Å². The summed E-state index contributed by atoms with van der Waals surface area (Å²) in [4.78, 5) is 21.5. The molecule has 0 aliphatic rings. The first-order valence-electron chi connectivity index (χ1n) is 6.86. The van der Waals surface area contributed by atoms with Crippen LogP contribution in [0.5, 0.6) is 0 Å². The lowest BCUT2D eigenvalue weighted by Gasteiger charge is -2.23. The third kappa shape index (κ3) is 4.06. The van der Waals surface area contributed by atoms with E-state index in [1.54, 1.807) is 0 Å².